The van der Waals surface area contributed by atoms with E-state index >= 15 is 0 Å². The monoisotopic (exact) mass is 285 g/mol. The molecule has 4 heterocycles. The highest BCUT2D eigenvalue weighted by molar-refractivity contribution is 5.83. The lowest BCUT2D eigenvalue weighted by Gasteiger charge is -2.40. The third kappa shape index (κ3) is 1.80. The number of aromatic nitrogens is 2. The maximum absolute atomic E-state index is 5.51. The Kier molecular flexibility index (Phi) is 2.80. The van der Waals surface area contributed by atoms with Gasteiger partial charge in [0, 0.05) is 24.6 Å². The van der Waals surface area contributed by atoms with Crippen LogP contribution in [-0.4, -0.2) is 37.5 Å². The molecule has 0 unspecified atom stereocenters. The van der Waals surface area contributed by atoms with Crippen LogP contribution in [0.15, 0.2) is 18.2 Å². The molecule has 0 saturated carbocycles. The summed E-state index contributed by atoms with van der Waals surface area (Å²) in [5.74, 6) is 2.27. The highest BCUT2D eigenvalue weighted by Crippen LogP contribution is 2.47. The van der Waals surface area contributed by atoms with E-state index < -0.39 is 0 Å². The summed E-state index contributed by atoms with van der Waals surface area (Å²) in [7, 11) is 3.37. The zero-order valence-electron chi connectivity index (χ0n) is 12.3. The van der Waals surface area contributed by atoms with Crippen LogP contribution in [0.1, 0.15) is 24.5 Å². The van der Waals surface area contributed by atoms with Crippen LogP contribution < -0.4 is 14.4 Å². The van der Waals surface area contributed by atoms with Gasteiger partial charge in [-0.2, -0.15) is 5.10 Å². The second kappa shape index (κ2) is 4.69. The number of piperidine rings is 1. The van der Waals surface area contributed by atoms with Crippen molar-refractivity contribution in [2.24, 2.45) is 0 Å². The predicted molar refractivity (Wildman–Crippen MR) is 81.3 cm³/mol. The van der Waals surface area contributed by atoms with E-state index in [2.05, 4.69) is 15.1 Å². The molecule has 5 nitrogen and oxygen atoms in total. The molecule has 1 saturated heterocycles. The van der Waals surface area contributed by atoms with Crippen LogP contribution >= 0.6 is 0 Å². The van der Waals surface area contributed by atoms with Crippen molar-refractivity contribution in [1.82, 2.24) is 10.2 Å². The summed E-state index contributed by atoms with van der Waals surface area (Å²) < 4.78 is 10.9. The number of ether oxygens (including phenoxy) is 2. The first kappa shape index (κ1) is 12.6. The van der Waals surface area contributed by atoms with Crippen molar-refractivity contribution in [2.75, 3.05) is 32.2 Å². The number of nitrogens with zero attached hydrogens (tertiary/aromatic N) is 2. The van der Waals surface area contributed by atoms with Crippen molar-refractivity contribution in [1.29, 1.82) is 0 Å². The van der Waals surface area contributed by atoms with E-state index in [-0.39, 0.29) is 0 Å². The number of fused-ring (bicyclic) bond motifs is 2. The number of nitrogens with one attached hydrogen (secondary N) is 1. The lowest BCUT2D eigenvalue weighted by molar-refractivity contribution is 0.404. The highest BCUT2D eigenvalue weighted by Gasteiger charge is 2.35. The number of hydrogen-bond acceptors (Lipinski definition) is 4. The second-order valence-electron chi connectivity index (χ2n) is 5.66. The molecule has 0 atom stereocenters. The van der Waals surface area contributed by atoms with Gasteiger partial charge >= 0.3 is 0 Å². The van der Waals surface area contributed by atoms with Gasteiger partial charge in [0.05, 0.1) is 25.6 Å². The maximum atomic E-state index is 5.51. The van der Waals surface area contributed by atoms with Crippen LogP contribution in [-0.2, 0) is 0 Å². The summed E-state index contributed by atoms with van der Waals surface area (Å²) in [6.45, 7) is 2.24. The number of anilines is 1. The summed E-state index contributed by atoms with van der Waals surface area (Å²) in [4.78, 5) is 2.44. The molecule has 0 radical (unpaired) electrons. The zero-order valence-corrected chi connectivity index (χ0v) is 12.3. The summed E-state index contributed by atoms with van der Waals surface area (Å²) in [6.07, 6.45) is 2.45. The van der Waals surface area contributed by atoms with E-state index in [0.717, 1.165) is 35.8 Å². The minimum Gasteiger partial charge on any atom is -0.497 e. The Hall–Kier alpha value is -2.17. The van der Waals surface area contributed by atoms with Gasteiger partial charge in [0.25, 0.3) is 0 Å². The molecule has 0 aliphatic carbocycles. The molecular weight excluding hydrogens is 266 g/mol. The van der Waals surface area contributed by atoms with Crippen molar-refractivity contribution in [3.63, 3.8) is 0 Å². The van der Waals surface area contributed by atoms with Crippen molar-refractivity contribution in [3.8, 4) is 22.8 Å². The van der Waals surface area contributed by atoms with Gasteiger partial charge in [0.2, 0.25) is 0 Å². The number of aromatic amines is 1. The Bertz CT molecular complexity index is 672. The summed E-state index contributed by atoms with van der Waals surface area (Å²) >= 11 is 0. The van der Waals surface area contributed by atoms with E-state index in [1.54, 1.807) is 14.2 Å². The standard InChI is InChI=1S/C16H19N3O2/c1-20-11-3-4-13(21-2)12(9-11)15-16-14(17-18-15)10-5-7-19(16)8-6-10/h3-4,9-10H,5-8H2,1-2H3,(H,17,18). The first-order valence-corrected chi connectivity index (χ1v) is 7.37. The number of H-pyrrole nitrogens is 1. The first-order valence-electron chi connectivity index (χ1n) is 7.37. The predicted octanol–water partition coefficient (Wildman–Crippen LogP) is 2.79. The number of benzene rings is 1. The molecule has 2 bridgehead atoms. The third-order valence-corrected chi connectivity index (χ3v) is 4.65. The lowest BCUT2D eigenvalue weighted by Crippen LogP contribution is -2.38. The Morgan fingerprint density at radius 2 is 2.00 bits per heavy atom. The quantitative estimate of drug-likeness (QED) is 0.942. The Morgan fingerprint density at radius 3 is 2.71 bits per heavy atom. The molecule has 1 N–H and O–H groups in total. The van der Waals surface area contributed by atoms with E-state index in [0.29, 0.717) is 5.92 Å². The highest BCUT2D eigenvalue weighted by atomic mass is 16.5. The zero-order chi connectivity index (χ0) is 14.4. The molecule has 0 spiro atoms. The molecule has 1 aromatic heterocycles. The molecule has 21 heavy (non-hydrogen) atoms. The van der Waals surface area contributed by atoms with Gasteiger partial charge < -0.3 is 14.4 Å². The van der Waals surface area contributed by atoms with Gasteiger partial charge in [-0.3, -0.25) is 5.10 Å². The molecule has 5 heteroatoms. The Morgan fingerprint density at radius 1 is 1.19 bits per heavy atom. The molecule has 2 aromatic rings. The molecule has 1 aromatic carbocycles. The van der Waals surface area contributed by atoms with Gasteiger partial charge in [-0.05, 0) is 31.0 Å². The fourth-order valence-electron chi connectivity index (χ4n) is 3.53. The van der Waals surface area contributed by atoms with Crippen LogP contribution in [0.25, 0.3) is 11.3 Å². The van der Waals surface area contributed by atoms with Gasteiger partial charge in [-0.25, -0.2) is 0 Å². The van der Waals surface area contributed by atoms with Crippen molar-refractivity contribution >= 4 is 5.69 Å². The van der Waals surface area contributed by atoms with Crippen molar-refractivity contribution < 1.29 is 9.47 Å². The fourth-order valence-corrected chi connectivity index (χ4v) is 3.53. The van der Waals surface area contributed by atoms with E-state index in [1.165, 1.54) is 24.2 Å². The van der Waals surface area contributed by atoms with Crippen LogP contribution in [0.3, 0.4) is 0 Å². The van der Waals surface area contributed by atoms with E-state index in [4.69, 9.17) is 9.47 Å². The number of methoxy groups -OCH3 is 2. The molecular formula is C16H19N3O2. The van der Waals surface area contributed by atoms with Crippen LogP contribution in [0.2, 0.25) is 0 Å². The lowest BCUT2D eigenvalue weighted by atomic mass is 9.86. The smallest absolute Gasteiger partial charge is 0.128 e. The Balaban J connectivity index is 1.88. The molecule has 3 aliphatic rings. The third-order valence-electron chi connectivity index (χ3n) is 4.65. The van der Waals surface area contributed by atoms with Crippen molar-refractivity contribution in [2.45, 2.75) is 18.8 Å². The molecule has 0 amide bonds. The fraction of sp³-hybridized carbons (Fsp3) is 0.438. The summed E-state index contributed by atoms with van der Waals surface area (Å²) in [5, 5.41) is 7.85. The van der Waals surface area contributed by atoms with Crippen molar-refractivity contribution in [3.05, 3.63) is 23.9 Å². The molecule has 110 valence electrons. The van der Waals surface area contributed by atoms with E-state index in [9.17, 15) is 0 Å². The maximum Gasteiger partial charge on any atom is 0.128 e. The summed E-state index contributed by atoms with van der Waals surface area (Å²) in [5.41, 5.74) is 4.50. The van der Waals surface area contributed by atoms with Crippen LogP contribution in [0, 0.1) is 0 Å². The molecule has 1 fully saturated rings. The number of rotatable bonds is 3. The minimum absolute atomic E-state index is 0.628. The van der Waals surface area contributed by atoms with E-state index in [1.807, 2.05) is 18.2 Å². The normalized spacial score (nSPS) is 17.0. The SMILES string of the molecule is COc1ccc(OC)c(-c2n[nH]c3c2N2CCC3CC2)c1. The van der Waals surface area contributed by atoms with Gasteiger partial charge in [0.1, 0.15) is 17.2 Å². The van der Waals surface area contributed by atoms with Gasteiger partial charge in [0.15, 0.2) is 0 Å². The molecule has 3 aliphatic heterocycles. The van der Waals surface area contributed by atoms with Crippen LogP contribution in [0.5, 0.6) is 11.5 Å². The topological polar surface area (TPSA) is 50.4 Å². The first-order chi connectivity index (χ1) is 10.3. The average Bonchev–Trinajstić information content (AvgIpc) is 3.02. The molecule has 5 rings (SSSR count). The minimum atomic E-state index is 0.628. The summed E-state index contributed by atoms with van der Waals surface area (Å²) in [6, 6.07) is 5.85. The van der Waals surface area contributed by atoms with Crippen LogP contribution in [0.4, 0.5) is 5.69 Å². The second-order valence-corrected chi connectivity index (χ2v) is 5.66. The number of hydrogen-bond donors (Lipinski definition) is 1. The van der Waals surface area contributed by atoms with Gasteiger partial charge in [-0.15, -0.1) is 0 Å². The Labute approximate surface area is 123 Å². The largest absolute Gasteiger partial charge is 0.497 e. The van der Waals surface area contributed by atoms with Gasteiger partial charge in [-0.1, -0.05) is 0 Å². The average molecular weight is 285 g/mol.